The number of anilines is 1. The summed E-state index contributed by atoms with van der Waals surface area (Å²) in [7, 11) is 3.35. The number of benzene rings is 1. The maximum absolute atomic E-state index is 12.7. The summed E-state index contributed by atoms with van der Waals surface area (Å²) >= 11 is 6.35. The van der Waals surface area contributed by atoms with Gasteiger partial charge in [0.1, 0.15) is 0 Å². The third-order valence-electron chi connectivity index (χ3n) is 6.54. The van der Waals surface area contributed by atoms with E-state index in [0.29, 0.717) is 29.1 Å². The number of esters is 1. The first kappa shape index (κ1) is 25.5. The summed E-state index contributed by atoms with van der Waals surface area (Å²) in [5.74, 6) is -0.115. The maximum Gasteiger partial charge on any atom is 0.338 e. The number of nitrogens with zero attached hydrogens (tertiary/aromatic N) is 2. The molecule has 174 valence electrons. The Morgan fingerprint density at radius 3 is 2.23 bits per heavy atom. The Balaban J connectivity index is 2.08. The number of hydrogen-bond donors (Lipinski definition) is 0. The molecule has 5 nitrogen and oxygen atoms in total. The average molecular weight is 451 g/mol. The molecule has 0 N–H and O–H groups in total. The van der Waals surface area contributed by atoms with Crippen molar-refractivity contribution >= 4 is 29.2 Å². The van der Waals surface area contributed by atoms with Crippen LogP contribution in [0.3, 0.4) is 0 Å². The molecule has 0 bridgehead atoms. The number of halogens is 1. The molecule has 0 radical (unpaired) electrons. The smallest absolute Gasteiger partial charge is 0.338 e. The molecule has 31 heavy (non-hydrogen) atoms. The van der Waals surface area contributed by atoms with Crippen molar-refractivity contribution in [1.29, 1.82) is 0 Å². The quantitative estimate of drug-likeness (QED) is 0.488. The Morgan fingerprint density at radius 2 is 1.71 bits per heavy atom. The van der Waals surface area contributed by atoms with E-state index in [1.165, 1.54) is 7.11 Å². The fourth-order valence-electron chi connectivity index (χ4n) is 4.53. The van der Waals surface area contributed by atoms with E-state index >= 15 is 0 Å². The molecular weight excluding hydrogens is 412 g/mol. The fourth-order valence-corrected chi connectivity index (χ4v) is 4.74. The lowest BCUT2D eigenvalue weighted by molar-refractivity contribution is -0.133. The summed E-state index contributed by atoms with van der Waals surface area (Å²) in [5, 5.41) is 0.539. The highest BCUT2D eigenvalue weighted by Crippen LogP contribution is 2.34. The molecule has 0 spiro atoms. The van der Waals surface area contributed by atoms with Gasteiger partial charge >= 0.3 is 5.97 Å². The highest BCUT2D eigenvalue weighted by atomic mass is 35.5. The molecule has 0 atom stereocenters. The largest absolute Gasteiger partial charge is 0.465 e. The van der Waals surface area contributed by atoms with Crippen LogP contribution < -0.4 is 4.90 Å². The molecule has 1 aliphatic carbocycles. The molecule has 1 aliphatic rings. The molecule has 0 heterocycles. The molecule has 6 heteroatoms. The van der Waals surface area contributed by atoms with Crippen LogP contribution in [0.25, 0.3) is 0 Å². The van der Waals surface area contributed by atoms with Crippen LogP contribution in [0.15, 0.2) is 12.1 Å². The Labute approximate surface area is 193 Å². The summed E-state index contributed by atoms with van der Waals surface area (Å²) in [6.07, 6.45) is 5.51. The standard InChI is InChI=1S/C25H39ClN2O3/c1-8-28(22-16-18(26)15-21(17(22)2)24(30)31-7)20-11-9-19(10-12-20)27(6)23(29)13-14-25(3,4)5/h15-16,19-20H,8-14H2,1-7H3. The van der Waals surface area contributed by atoms with E-state index in [1.807, 2.05) is 24.9 Å². The van der Waals surface area contributed by atoms with Crippen molar-refractivity contribution in [3.05, 3.63) is 28.3 Å². The van der Waals surface area contributed by atoms with Crippen LogP contribution in [0.5, 0.6) is 0 Å². The molecule has 1 amide bonds. The number of methoxy groups -OCH3 is 1. The summed E-state index contributed by atoms with van der Waals surface area (Å²) in [4.78, 5) is 29.2. The monoisotopic (exact) mass is 450 g/mol. The fraction of sp³-hybridized carbons (Fsp3) is 0.680. The molecule has 1 saturated carbocycles. The molecule has 1 aromatic rings. The lowest BCUT2D eigenvalue weighted by Gasteiger charge is -2.41. The number of ether oxygens (including phenoxy) is 1. The van der Waals surface area contributed by atoms with Gasteiger partial charge in [-0.05, 0) is 69.1 Å². The molecule has 0 aliphatic heterocycles. The lowest BCUT2D eigenvalue weighted by atomic mass is 9.87. The Bertz CT molecular complexity index is 780. The predicted molar refractivity (Wildman–Crippen MR) is 128 cm³/mol. The topological polar surface area (TPSA) is 49.9 Å². The maximum atomic E-state index is 12.7. The van der Waals surface area contributed by atoms with Crippen molar-refractivity contribution in [2.75, 3.05) is 25.6 Å². The van der Waals surface area contributed by atoms with Gasteiger partial charge in [-0.25, -0.2) is 4.79 Å². The second-order valence-corrected chi connectivity index (χ2v) is 10.3. The Kier molecular flexibility index (Phi) is 8.82. The number of rotatable bonds is 7. The van der Waals surface area contributed by atoms with Gasteiger partial charge in [0.05, 0.1) is 12.7 Å². The van der Waals surface area contributed by atoms with E-state index in [2.05, 4.69) is 32.6 Å². The van der Waals surface area contributed by atoms with Crippen LogP contribution in [0.4, 0.5) is 5.69 Å². The van der Waals surface area contributed by atoms with Crippen LogP contribution in [-0.2, 0) is 9.53 Å². The van der Waals surface area contributed by atoms with Gasteiger partial charge in [0.2, 0.25) is 5.91 Å². The zero-order chi connectivity index (χ0) is 23.3. The highest BCUT2D eigenvalue weighted by molar-refractivity contribution is 6.31. The molecule has 0 unspecified atom stereocenters. The van der Waals surface area contributed by atoms with Crippen molar-refractivity contribution in [3.63, 3.8) is 0 Å². The Hall–Kier alpha value is -1.75. The third kappa shape index (κ3) is 6.61. The molecule has 2 rings (SSSR count). The molecular formula is C25H39ClN2O3. The summed E-state index contributed by atoms with van der Waals surface area (Å²) < 4.78 is 4.94. The first-order valence-electron chi connectivity index (χ1n) is 11.4. The van der Waals surface area contributed by atoms with Gasteiger partial charge in [0.25, 0.3) is 0 Å². The van der Waals surface area contributed by atoms with Crippen LogP contribution in [-0.4, -0.2) is 49.6 Å². The summed E-state index contributed by atoms with van der Waals surface area (Å²) in [5.41, 5.74) is 2.58. The van der Waals surface area contributed by atoms with Crippen molar-refractivity contribution in [2.24, 2.45) is 5.41 Å². The van der Waals surface area contributed by atoms with Crippen LogP contribution in [0, 0.1) is 12.3 Å². The number of hydrogen-bond acceptors (Lipinski definition) is 4. The van der Waals surface area contributed by atoms with E-state index in [0.717, 1.165) is 49.9 Å². The van der Waals surface area contributed by atoms with E-state index in [1.54, 1.807) is 6.07 Å². The SMILES string of the molecule is CCN(c1cc(Cl)cc(C(=O)OC)c1C)C1CCC(N(C)C(=O)CCC(C)(C)C)CC1. The van der Waals surface area contributed by atoms with E-state index < -0.39 is 0 Å². The third-order valence-corrected chi connectivity index (χ3v) is 6.76. The zero-order valence-electron chi connectivity index (χ0n) is 20.3. The lowest BCUT2D eigenvalue weighted by Crippen LogP contribution is -2.45. The van der Waals surface area contributed by atoms with E-state index in [9.17, 15) is 9.59 Å². The number of carbonyl (C=O) groups excluding carboxylic acids is 2. The first-order chi connectivity index (χ1) is 14.5. The second-order valence-electron chi connectivity index (χ2n) is 9.90. The predicted octanol–water partition coefficient (Wildman–Crippen LogP) is 5.86. The van der Waals surface area contributed by atoms with Gasteiger partial charge in [-0.2, -0.15) is 0 Å². The van der Waals surface area contributed by atoms with Gasteiger partial charge in [0, 0.05) is 42.8 Å². The van der Waals surface area contributed by atoms with Crippen LogP contribution in [0.1, 0.15) is 82.1 Å². The highest BCUT2D eigenvalue weighted by Gasteiger charge is 2.30. The van der Waals surface area contributed by atoms with Gasteiger partial charge in [-0.15, -0.1) is 0 Å². The minimum Gasteiger partial charge on any atom is -0.465 e. The van der Waals surface area contributed by atoms with Crippen molar-refractivity contribution in [3.8, 4) is 0 Å². The van der Waals surface area contributed by atoms with E-state index in [4.69, 9.17) is 16.3 Å². The number of carbonyl (C=O) groups is 2. The van der Waals surface area contributed by atoms with Crippen molar-refractivity contribution in [2.45, 2.75) is 85.2 Å². The zero-order valence-corrected chi connectivity index (χ0v) is 21.0. The second kappa shape index (κ2) is 10.7. The van der Waals surface area contributed by atoms with Crippen LogP contribution >= 0.6 is 11.6 Å². The molecule has 0 saturated heterocycles. The minimum absolute atomic E-state index is 0.174. The van der Waals surface area contributed by atoms with Crippen LogP contribution in [0.2, 0.25) is 5.02 Å². The van der Waals surface area contributed by atoms with Gasteiger partial charge in [-0.1, -0.05) is 32.4 Å². The van der Waals surface area contributed by atoms with Crippen molar-refractivity contribution < 1.29 is 14.3 Å². The van der Waals surface area contributed by atoms with E-state index in [-0.39, 0.29) is 17.3 Å². The number of amides is 1. The minimum atomic E-state index is -0.364. The Morgan fingerprint density at radius 1 is 1.13 bits per heavy atom. The van der Waals surface area contributed by atoms with Gasteiger partial charge < -0.3 is 14.5 Å². The summed E-state index contributed by atoms with van der Waals surface area (Å²) in [6, 6.07) is 4.28. The normalized spacial score (nSPS) is 19.1. The van der Waals surface area contributed by atoms with Crippen molar-refractivity contribution in [1.82, 2.24) is 4.90 Å². The first-order valence-corrected chi connectivity index (χ1v) is 11.8. The van der Waals surface area contributed by atoms with Gasteiger partial charge in [-0.3, -0.25) is 4.79 Å². The molecule has 1 aromatic carbocycles. The summed E-state index contributed by atoms with van der Waals surface area (Å²) in [6.45, 7) is 11.4. The average Bonchev–Trinajstić information content (AvgIpc) is 2.73. The van der Waals surface area contributed by atoms with Gasteiger partial charge in [0.15, 0.2) is 0 Å². The molecule has 0 aromatic heterocycles. The molecule has 1 fully saturated rings.